The molecule has 106 valence electrons. The Morgan fingerprint density at radius 1 is 1.25 bits per heavy atom. The van der Waals surface area contributed by atoms with Gasteiger partial charge >= 0.3 is 0 Å². The lowest BCUT2D eigenvalue weighted by molar-refractivity contribution is 0.899. The van der Waals surface area contributed by atoms with Crippen LogP contribution in [0.15, 0.2) is 44.8 Å². The van der Waals surface area contributed by atoms with E-state index in [1.807, 2.05) is 12.1 Å². The van der Waals surface area contributed by atoms with Crippen LogP contribution in [0.2, 0.25) is 0 Å². The number of rotatable bonds is 6. The van der Waals surface area contributed by atoms with E-state index in [1.165, 1.54) is 5.56 Å². The molecule has 2 rings (SSSR count). The van der Waals surface area contributed by atoms with Crippen molar-refractivity contribution >= 4 is 39.5 Å². The van der Waals surface area contributed by atoms with Crippen molar-refractivity contribution in [3.63, 3.8) is 0 Å². The highest BCUT2D eigenvalue weighted by Crippen LogP contribution is 2.20. The highest BCUT2D eigenvalue weighted by molar-refractivity contribution is 9.10. The molecule has 3 nitrogen and oxygen atoms in total. The summed E-state index contributed by atoms with van der Waals surface area (Å²) in [5.41, 5.74) is 1.97. The molecule has 0 saturated carbocycles. The number of nitrogens with one attached hydrogen (secondary N) is 1. The van der Waals surface area contributed by atoms with Crippen molar-refractivity contribution in [2.45, 2.75) is 23.6 Å². The molecule has 6 heteroatoms. The van der Waals surface area contributed by atoms with Crippen LogP contribution in [0.1, 0.15) is 18.2 Å². The van der Waals surface area contributed by atoms with E-state index in [1.54, 1.807) is 29.6 Å². The lowest BCUT2D eigenvalue weighted by Gasteiger charge is -2.04. The summed E-state index contributed by atoms with van der Waals surface area (Å²) in [7, 11) is 0. The van der Waals surface area contributed by atoms with Crippen molar-refractivity contribution in [1.29, 1.82) is 0 Å². The van der Waals surface area contributed by atoms with Gasteiger partial charge in [-0.25, -0.2) is 4.98 Å². The van der Waals surface area contributed by atoms with Crippen molar-refractivity contribution in [2.24, 2.45) is 0 Å². The van der Waals surface area contributed by atoms with Gasteiger partial charge in [0.25, 0.3) is 5.56 Å². The number of aromatic amines is 1. The Bertz CT molecular complexity index is 613. The average molecular weight is 371 g/mol. The lowest BCUT2D eigenvalue weighted by atomic mass is 10.2. The predicted octanol–water partition coefficient (Wildman–Crippen LogP) is 4.08. The van der Waals surface area contributed by atoms with Gasteiger partial charge in [0.1, 0.15) is 0 Å². The van der Waals surface area contributed by atoms with E-state index in [4.69, 9.17) is 0 Å². The molecule has 1 N–H and O–H groups in total. The third kappa shape index (κ3) is 5.00. The molecular weight excluding hydrogens is 356 g/mol. The fourth-order valence-corrected chi connectivity index (χ4v) is 3.24. The molecule has 2 aromatic rings. The van der Waals surface area contributed by atoms with Gasteiger partial charge in [-0.3, -0.25) is 4.79 Å². The minimum absolute atomic E-state index is 0.0787. The van der Waals surface area contributed by atoms with E-state index in [9.17, 15) is 4.79 Å². The van der Waals surface area contributed by atoms with Gasteiger partial charge in [0.2, 0.25) is 0 Å². The molecule has 1 aromatic carbocycles. The van der Waals surface area contributed by atoms with Crippen molar-refractivity contribution in [3.8, 4) is 0 Å². The Hall–Kier alpha value is -0.720. The molecule has 0 atom stereocenters. The Balaban J connectivity index is 2.03. The Morgan fingerprint density at radius 3 is 2.70 bits per heavy atom. The predicted molar refractivity (Wildman–Crippen MR) is 90.4 cm³/mol. The molecule has 0 saturated heterocycles. The number of halogens is 1. The number of thioether (sulfide) groups is 2. The second kappa shape index (κ2) is 7.90. The SMILES string of the molecule is CCSCc1cc(=O)[nH]c(SCc2ccc(Br)cc2)n1. The minimum atomic E-state index is -0.0787. The zero-order valence-electron chi connectivity index (χ0n) is 11.1. The molecule has 1 aromatic heterocycles. The third-order valence-electron chi connectivity index (χ3n) is 2.52. The maximum atomic E-state index is 11.6. The molecule has 0 bridgehead atoms. The van der Waals surface area contributed by atoms with Crippen LogP contribution in [0.5, 0.6) is 0 Å². The van der Waals surface area contributed by atoms with Gasteiger partial charge in [-0.05, 0) is 23.4 Å². The summed E-state index contributed by atoms with van der Waals surface area (Å²) in [6.07, 6.45) is 0. The van der Waals surface area contributed by atoms with Crippen molar-refractivity contribution in [1.82, 2.24) is 9.97 Å². The number of benzene rings is 1. The van der Waals surface area contributed by atoms with Gasteiger partial charge in [0.15, 0.2) is 5.16 Å². The van der Waals surface area contributed by atoms with Crippen LogP contribution in [-0.2, 0) is 11.5 Å². The maximum absolute atomic E-state index is 11.6. The van der Waals surface area contributed by atoms with Crippen LogP contribution in [0.25, 0.3) is 0 Å². The van der Waals surface area contributed by atoms with E-state index < -0.39 is 0 Å². The first-order chi connectivity index (χ1) is 9.67. The van der Waals surface area contributed by atoms with Crippen LogP contribution < -0.4 is 5.56 Å². The number of hydrogen-bond donors (Lipinski definition) is 1. The number of aromatic nitrogens is 2. The van der Waals surface area contributed by atoms with Gasteiger partial charge in [0, 0.05) is 22.0 Å². The van der Waals surface area contributed by atoms with E-state index in [2.05, 4.69) is 45.0 Å². The van der Waals surface area contributed by atoms with Gasteiger partial charge in [-0.15, -0.1) is 0 Å². The molecule has 0 spiro atoms. The molecule has 20 heavy (non-hydrogen) atoms. The van der Waals surface area contributed by atoms with E-state index >= 15 is 0 Å². The molecule has 0 aliphatic heterocycles. The minimum Gasteiger partial charge on any atom is -0.301 e. The van der Waals surface area contributed by atoms with Crippen molar-refractivity contribution in [2.75, 3.05) is 5.75 Å². The lowest BCUT2D eigenvalue weighted by Crippen LogP contribution is -2.09. The topological polar surface area (TPSA) is 45.8 Å². The standard InChI is InChI=1S/C14H15BrN2OS2/c1-2-19-9-12-7-13(18)17-14(16-12)20-8-10-3-5-11(15)6-4-10/h3-7H,2,8-9H2,1H3,(H,16,17,18). The summed E-state index contributed by atoms with van der Waals surface area (Å²) in [6.45, 7) is 2.10. The van der Waals surface area contributed by atoms with Gasteiger partial charge < -0.3 is 4.98 Å². The normalized spacial score (nSPS) is 10.7. The molecule has 0 aliphatic rings. The second-order valence-corrected chi connectivity index (χ2v) is 7.25. The van der Waals surface area contributed by atoms with Crippen LogP contribution in [0.3, 0.4) is 0 Å². The number of nitrogens with zero attached hydrogens (tertiary/aromatic N) is 1. The summed E-state index contributed by atoms with van der Waals surface area (Å²) in [5.74, 6) is 2.60. The first-order valence-corrected chi connectivity index (χ1v) is 9.16. The van der Waals surface area contributed by atoms with E-state index in [0.29, 0.717) is 5.16 Å². The van der Waals surface area contributed by atoms with Crippen molar-refractivity contribution < 1.29 is 0 Å². The smallest absolute Gasteiger partial charge is 0.251 e. The summed E-state index contributed by atoms with van der Waals surface area (Å²) < 4.78 is 1.07. The fraction of sp³-hybridized carbons (Fsp3) is 0.286. The molecule has 0 radical (unpaired) electrons. The highest BCUT2D eigenvalue weighted by Gasteiger charge is 2.03. The first-order valence-electron chi connectivity index (χ1n) is 6.22. The summed E-state index contributed by atoms with van der Waals surface area (Å²) in [4.78, 5) is 18.9. The fourth-order valence-electron chi connectivity index (χ4n) is 1.56. The number of H-pyrrole nitrogens is 1. The maximum Gasteiger partial charge on any atom is 0.251 e. The molecule has 0 amide bonds. The number of hydrogen-bond acceptors (Lipinski definition) is 4. The van der Waals surface area contributed by atoms with Crippen LogP contribution in [0.4, 0.5) is 0 Å². The van der Waals surface area contributed by atoms with E-state index in [0.717, 1.165) is 27.4 Å². The Kier molecular flexibility index (Phi) is 6.19. The quantitative estimate of drug-likeness (QED) is 0.614. The highest BCUT2D eigenvalue weighted by atomic mass is 79.9. The third-order valence-corrected chi connectivity index (χ3v) is 4.90. The second-order valence-electron chi connectivity index (χ2n) is 4.09. The van der Waals surface area contributed by atoms with Crippen LogP contribution in [-0.4, -0.2) is 15.7 Å². The monoisotopic (exact) mass is 370 g/mol. The molecule has 0 fully saturated rings. The van der Waals surface area contributed by atoms with Crippen molar-refractivity contribution in [3.05, 3.63) is 56.4 Å². The zero-order valence-corrected chi connectivity index (χ0v) is 14.3. The largest absolute Gasteiger partial charge is 0.301 e. The van der Waals surface area contributed by atoms with Gasteiger partial charge in [-0.2, -0.15) is 11.8 Å². The van der Waals surface area contributed by atoms with Crippen LogP contribution in [0, 0.1) is 0 Å². The van der Waals surface area contributed by atoms with E-state index in [-0.39, 0.29) is 5.56 Å². The molecule has 1 heterocycles. The summed E-state index contributed by atoms with van der Waals surface area (Å²) in [5, 5.41) is 0.687. The average Bonchev–Trinajstić information content (AvgIpc) is 2.44. The summed E-state index contributed by atoms with van der Waals surface area (Å²) >= 11 is 6.73. The summed E-state index contributed by atoms with van der Waals surface area (Å²) in [6, 6.07) is 9.73. The molecular formula is C14H15BrN2OS2. The molecule has 0 unspecified atom stereocenters. The first kappa shape index (κ1) is 15.7. The van der Waals surface area contributed by atoms with Gasteiger partial charge in [0.05, 0.1) is 5.69 Å². The Morgan fingerprint density at radius 2 is 2.00 bits per heavy atom. The molecule has 0 aliphatic carbocycles. The van der Waals surface area contributed by atoms with Gasteiger partial charge in [-0.1, -0.05) is 46.7 Å². The zero-order chi connectivity index (χ0) is 14.4. The Labute approximate surface area is 135 Å². The van der Waals surface area contributed by atoms with Crippen LogP contribution >= 0.6 is 39.5 Å².